The van der Waals surface area contributed by atoms with Crippen LogP contribution in [0.3, 0.4) is 0 Å². The van der Waals surface area contributed by atoms with E-state index in [-0.39, 0.29) is 18.2 Å². The molecule has 0 bridgehead atoms. The number of carbonyl (C=O) groups is 1. The quantitative estimate of drug-likeness (QED) is 0.650. The minimum absolute atomic E-state index is 0.0338. The maximum absolute atomic E-state index is 13.3. The Morgan fingerprint density at radius 3 is 2.66 bits per heavy atom. The van der Waals surface area contributed by atoms with Crippen molar-refractivity contribution in [2.75, 3.05) is 12.4 Å². The third kappa shape index (κ3) is 3.78. The van der Waals surface area contributed by atoms with Gasteiger partial charge in [-0.1, -0.05) is 18.2 Å². The summed E-state index contributed by atoms with van der Waals surface area (Å²) in [4.78, 5) is 15.0. The van der Waals surface area contributed by atoms with Gasteiger partial charge in [0.1, 0.15) is 11.9 Å². The summed E-state index contributed by atoms with van der Waals surface area (Å²) >= 11 is 0. The molecule has 0 radical (unpaired) electrons. The normalized spacial score (nSPS) is 15.8. The largest absolute Gasteiger partial charge is 0.493 e. The lowest BCUT2D eigenvalue weighted by atomic mass is 10.0. The van der Waals surface area contributed by atoms with E-state index in [4.69, 9.17) is 13.9 Å². The van der Waals surface area contributed by atoms with Gasteiger partial charge in [-0.3, -0.25) is 4.79 Å². The maximum Gasteiger partial charge on any atom is 0.258 e. The molecule has 4 rings (SSSR count). The van der Waals surface area contributed by atoms with Gasteiger partial charge in [0.2, 0.25) is 0 Å². The summed E-state index contributed by atoms with van der Waals surface area (Å²) in [5, 5.41) is 3.48. The van der Waals surface area contributed by atoms with Gasteiger partial charge in [-0.15, -0.1) is 0 Å². The molecule has 0 spiro atoms. The number of benzene rings is 2. The van der Waals surface area contributed by atoms with Crippen molar-refractivity contribution in [3.05, 3.63) is 77.7 Å². The average Bonchev–Trinajstić information content (AvgIpc) is 3.23. The van der Waals surface area contributed by atoms with Crippen molar-refractivity contribution in [3.63, 3.8) is 0 Å². The van der Waals surface area contributed by atoms with E-state index in [1.165, 1.54) is 0 Å². The summed E-state index contributed by atoms with van der Waals surface area (Å²) < 4.78 is 16.9. The fraction of sp³-hybridized carbons (Fsp3) is 0.261. The molecule has 0 saturated heterocycles. The number of nitrogens with one attached hydrogen (secondary N) is 1. The van der Waals surface area contributed by atoms with Crippen molar-refractivity contribution in [3.8, 4) is 11.5 Å². The van der Waals surface area contributed by atoms with Gasteiger partial charge < -0.3 is 24.1 Å². The van der Waals surface area contributed by atoms with E-state index < -0.39 is 0 Å². The molecule has 2 aromatic carbocycles. The first-order chi connectivity index (χ1) is 14.1. The van der Waals surface area contributed by atoms with Crippen LogP contribution in [-0.2, 0) is 6.54 Å². The van der Waals surface area contributed by atoms with E-state index >= 15 is 0 Å². The van der Waals surface area contributed by atoms with Crippen LogP contribution in [-0.4, -0.2) is 24.0 Å². The number of furan rings is 1. The van der Waals surface area contributed by atoms with E-state index in [0.717, 1.165) is 17.0 Å². The molecule has 29 heavy (non-hydrogen) atoms. The second kappa shape index (κ2) is 7.91. The van der Waals surface area contributed by atoms with E-state index in [9.17, 15) is 4.79 Å². The molecule has 0 unspecified atom stereocenters. The highest BCUT2D eigenvalue weighted by Crippen LogP contribution is 2.37. The third-order valence-corrected chi connectivity index (χ3v) is 4.79. The molecule has 0 fully saturated rings. The molecule has 150 valence electrons. The van der Waals surface area contributed by atoms with Crippen LogP contribution >= 0.6 is 0 Å². The Hall–Kier alpha value is -3.41. The lowest BCUT2D eigenvalue weighted by molar-refractivity contribution is 0.0651. The number of nitrogens with zero attached hydrogens (tertiary/aromatic N) is 1. The topological polar surface area (TPSA) is 63.9 Å². The molecule has 1 aliphatic rings. The molecule has 0 aliphatic carbocycles. The zero-order valence-corrected chi connectivity index (χ0v) is 16.7. The minimum atomic E-state index is -0.371. The minimum Gasteiger partial charge on any atom is -0.493 e. The Morgan fingerprint density at radius 1 is 1.10 bits per heavy atom. The number of hydrogen-bond donors (Lipinski definition) is 1. The number of carbonyl (C=O) groups excluding carboxylic acids is 1. The summed E-state index contributed by atoms with van der Waals surface area (Å²) in [5.41, 5.74) is 2.34. The average molecular weight is 392 g/mol. The van der Waals surface area contributed by atoms with E-state index in [1.807, 2.05) is 68.4 Å². The Kier molecular flexibility index (Phi) is 5.16. The number of para-hydroxylation sites is 1. The van der Waals surface area contributed by atoms with E-state index in [1.54, 1.807) is 18.3 Å². The first-order valence-corrected chi connectivity index (χ1v) is 9.60. The number of methoxy groups -OCH3 is 1. The predicted molar refractivity (Wildman–Crippen MR) is 110 cm³/mol. The van der Waals surface area contributed by atoms with Gasteiger partial charge in [-0.25, -0.2) is 0 Å². The monoisotopic (exact) mass is 392 g/mol. The highest BCUT2D eigenvalue weighted by Gasteiger charge is 2.33. The number of hydrogen-bond acceptors (Lipinski definition) is 5. The summed E-state index contributed by atoms with van der Waals surface area (Å²) in [6.45, 7) is 4.29. The van der Waals surface area contributed by atoms with Crippen LogP contribution in [0.25, 0.3) is 0 Å². The molecule has 6 nitrogen and oxygen atoms in total. The second-order valence-corrected chi connectivity index (χ2v) is 7.18. The van der Waals surface area contributed by atoms with Gasteiger partial charge in [0, 0.05) is 5.69 Å². The van der Waals surface area contributed by atoms with Crippen LogP contribution in [0.5, 0.6) is 11.5 Å². The van der Waals surface area contributed by atoms with Crippen molar-refractivity contribution >= 4 is 11.6 Å². The van der Waals surface area contributed by atoms with Gasteiger partial charge in [0.05, 0.1) is 31.6 Å². The first kappa shape index (κ1) is 18.9. The van der Waals surface area contributed by atoms with Gasteiger partial charge in [0.25, 0.3) is 5.91 Å². The fourth-order valence-corrected chi connectivity index (χ4v) is 3.50. The maximum atomic E-state index is 13.3. The molecule has 1 aliphatic heterocycles. The zero-order chi connectivity index (χ0) is 20.4. The highest BCUT2D eigenvalue weighted by atomic mass is 16.5. The number of amides is 1. The zero-order valence-electron chi connectivity index (χ0n) is 16.7. The van der Waals surface area contributed by atoms with Crippen molar-refractivity contribution < 1.29 is 18.7 Å². The molecule has 1 atom stereocenters. The Bertz CT molecular complexity index is 998. The molecule has 1 N–H and O–H groups in total. The lowest BCUT2D eigenvalue weighted by Gasteiger charge is -2.38. The molecule has 3 aromatic rings. The molecule has 1 aromatic heterocycles. The summed E-state index contributed by atoms with van der Waals surface area (Å²) in [6.07, 6.45) is 1.28. The van der Waals surface area contributed by atoms with Gasteiger partial charge >= 0.3 is 0 Å². The van der Waals surface area contributed by atoms with E-state index in [0.29, 0.717) is 23.6 Å². The predicted octanol–water partition coefficient (Wildman–Crippen LogP) is 4.84. The number of anilines is 1. The summed E-state index contributed by atoms with van der Waals surface area (Å²) in [6, 6.07) is 17.0. The van der Waals surface area contributed by atoms with Crippen molar-refractivity contribution in [1.82, 2.24) is 4.90 Å². The Labute approximate surface area is 170 Å². The van der Waals surface area contributed by atoms with Crippen LogP contribution in [0.2, 0.25) is 0 Å². The van der Waals surface area contributed by atoms with E-state index in [2.05, 4.69) is 5.32 Å². The van der Waals surface area contributed by atoms with Crippen LogP contribution in [0.1, 0.15) is 41.7 Å². The third-order valence-electron chi connectivity index (χ3n) is 4.79. The van der Waals surface area contributed by atoms with Crippen molar-refractivity contribution in [1.29, 1.82) is 0 Å². The van der Waals surface area contributed by atoms with Crippen molar-refractivity contribution in [2.24, 2.45) is 0 Å². The number of ether oxygens (including phenoxy) is 2. The molecule has 6 heteroatoms. The molecule has 2 heterocycles. The van der Waals surface area contributed by atoms with Crippen LogP contribution in [0, 0.1) is 0 Å². The molecule has 0 saturated carbocycles. The van der Waals surface area contributed by atoms with Crippen molar-refractivity contribution in [2.45, 2.75) is 32.7 Å². The standard InChI is InChI=1S/C23H24N2O4/c1-15(2)29-20-11-10-16(13-21(20)27-3)22-24-19-9-5-4-8-18(19)23(26)25(22)14-17-7-6-12-28-17/h4-13,15,22,24H,14H2,1-3H3/t22-/m0/s1. The highest BCUT2D eigenvalue weighted by molar-refractivity contribution is 6.01. The van der Waals surface area contributed by atoms with Crippen LogP contribution < -0.4 is 14.8 Å². The smallest absolute Gasteiger partial charge is 0.258 e. The molecular weight excluding hydrogens is 368 g/mol. The summed E-state index contributed by atoms with van der Waals surface area (Å²) in [5.74, 6) is 1.96. The molecule has 1 amide bonds. The number of rotatable bonds is 6. The van der Waals surface area contributed by atoms with Gasteiger partial charge in [-0.05, 0) is 55.8 Å². The fourth-order valence-electron chi connectivity index (χ4n) is 3.50. The molecular formula is C23H24N2O4. The Balaban J connectivity index is 1.74. The number of fused-ring (bicyclic) bond motifs is 1. The SMILES string of the molecule is COc1cc([C@H]2Nc3ccccc3C(=O)N2Cc2ccco2)ccc1OC(C)C. The Morgan fingerprint density at radius 2 is 1.93 bits per heavy atom. The lowest BCUT2D eigenvalue weighted by Crippen LogP contribution is -2.42. The van der Waals surface area contributed by atoms with Gasteiger partial charge in [-0.2, -0.15) is 0 Å². The second-order valence-electron chi connectivity index (χ2n) is 7.18. The first-order valence-electron chi connectivity index (χ1n) is 9.60. The van der Waals surface area contributed by atoms with Crippen LogP contribution in [0.15, 0.2) is 65.3 Å². The van der Waals surface area contributed by atoms with Crippen LogP contribution in [0.4, 0.5) is 5.69 Å². The summed E-state index contributed by atoms with van der Waals surface area (Å²) in [7, 11) is 1.61. The van der Waals surface area contributed by atoms with Gasteiger partial charge in [0.15, 0.2) is 11.5 Å².